The standard InChI is InChI=1S/C14H16ClN3/c15-9-1-6-13-12(7-9)17-14(8-16-10-2-3-10)18(13)11-4-5-11/h1,6-7,10-11,16H,2-5,8H2. The van der Waals surface area contributed by atoms with Crippen LogP contribution >= 0.6 is 11.6 Å². The molecule has 2 aliphatic rings. The molecule has 0 bridgehead atoms. The zero-order valence-electron chi connectivity index (χ0n) is 10.2. The Bertz CT molecular complexity index is 596. The molecule has 3 nitrogen and oxygen atoms in total. The van der Waals surface area contributed by atoms with Crippen LogP contribution in [0.4, 0.5) is 0 Å². The maximum atomic E-state index is 6.05. The quantitative estimate of drug-likeness (QED) is 0.915. The summed E-state index contributed by atoms with van der Waals surface area (Å²) in [6.45, 7) is 0.882. The number of halogens is 1. The first-order chi connectivity index (χ1) is 8.81. The van der Waals surface area contributed by atoms with Gasteiger partial charge in [0.25, 0.3) is 0 Å². The van der Waals surface area contributed by atoms with Crippen molar-refractivity contribution in [3.05, 3.63) is 29.0 Å². The average Bonchev–Trinajstić information content (AvgIpc) is 3.24. The van der Waals surface area contributed by atoms with Crippen LogP contribution in [-0.4, -0.2) is 15.6 Å². The predicted octanol–water partition coefficient (Wildman–Crippen LogP) is 3.28. The van der Waals surface area contributed by atoms with Crippen molar-refractivity contribution in [3.8, 4) is 0 Å². The van der Waals surface area contributed by atoms with Crippen molar-refractivity contribution in [2.24, 2.45) is 0 Å². The van der Waals surface area contributed by atoms with E-state index in [1.807, 2.05) is 12.1 Å². The van der Waals surface area contributed by atoms with E-state index in [0.29, 0.717) is 6.04 Å². The smallest absolute Gasteiger partial charge is 0.124 e. The summed E-state index contributed by atoms with van der Waals surface area (Å²) < 4.78 is 2.40. The number of hydrogen-bond acceptors (Lipinski definition) is 2. The molecule has 1 heterocycles. The molecule has 0 aliphatic heterocycles. The zero-order chi connectivity index (χ0) is 12.1. The fourth-order valence-electron chi connectivity index (χ4n) is 2.51. The van der Waals surface area contributed by atoms with E-state index < -0.39 is 0 Å². The van der Waals surface area contributed by atoms with Crippen molar-refractivity contribution in [2.75, 3.05) is 0 Å². The molecule has 0 amide bonds. The molecule has 2 aliphatic carbocycles. The van der Waals surface area contributed by atoms with E-state index in [1.54, 1.807) is 0 Å². The first kappa shape index (κ1) is 10.8. The molecular formula is C14H16ClN3. The van der Waals surface area contributed by atoms with E-state index in [1.165, 1.54) is 37.0 Å². The summed E-state index contributed by atoms with van der Waals surface area (Å²) in [5.41, 5.74) is 2.26. The van der Waals surface area contributed by atoms with E-state index in [4.69, 9.17) is 16.6 Å². The van der Waals surface area contributed by atoms with Gasteiger partial charge in [0.2, 0.25) is 0 Å². The van der Waals surface area contributed by atoms with E-state index in [2.05, 4.69) is 16.0 Å². The van der Waals surface area contributed by atoms with Gasteiger partial charge in [-0.15, -0.1) is 0 Å². The SMILES string of the molecule is Clc1ccc2c(c1)nc(CNC1CC1)n2C1CC1. The molecule has 2 fully saturated rings. The summed E-state index contributed by atoms with van der Waals surface area (Å²) in [4.78, 5) is 4.75. The number of fused-ring (bicyclic) bond motifs is 1. The van der Waals surface area contributed by atoms with Gasteiger partial charge in [-0.25, -0.2) is 4.98 Å². The number of hydrogen-bond donors (Lipinski definition) is 1. The zero-order valence-corrected chi connectivity index (χ0v) is 11.0. The molecule has 4 rings (SSSR count). The van der Waals surface area contributed by atoms with Crippen molar-refractivity contribution in [2.45, 2.75) is 44.3 Å². The number of rotatable bonds is 4. The highest BCUT2D eigenvalue weighted by Gasteiger charge is 2.29. The van der Waals surface area contributed by atoms with Gasteiger partial charge in [-0.2, -0.15) is 0 Å². The lowest BCUT2D eigenvalue weighted by Crippen LogP contribution is -2.18. The molecule has 94 valence electrons. The lowest BCUT2D eigenvalue weighted by Gasteiger charge is -2.08. The molecule has 2 aromatic rings. The highest BCUT2D eigenvalue weighted by Crippen LogP contribution is 2.39. The third kappa shape index (κ3) is 1.91. The van der Waals surface area contributed by atoms with Crippen molar-refractivity contribution in [3.63, 3.8) is 0 Å². The van der Waals surface area contributed by atoms with E-state index in [0.717, 1.165) is 23.1 Å². The van der Waals surface area contributed by atoms with Gasteiger partial charge in [-0.3, -0.25) is 0 Å². The molecule has 2 saturated carbocycles. The second-order valence-corrected chi connectivity index (χ2v) is 5.85. The van der Waals surface area contributed by atoms with Crippen molar-refractivity contribution in [1.82, 2.24) is 14.9 Å². The van der Waals surface area contributed by atoms with E-state index in [-0.39, 0.29) is 0 Å². The minimum Gasteiger partial charge on any atom is -0.324 e. The van der Waals surface area contributed by atoms with Crippen LogP contribution in [0.1, 0.15) is 37.5 Å². The number of nitrogens with one attached hydrogen (secondary N) is 1. The van der Waals surface area contributed by atoms with Gasteiger partial charge in [0, 0.05) is 17.1 Å². The lowest BCUT2D eigenvalue weighted by atomic mass is 10.3. The Morgan fingerprint density at radius 3 is 2.83 bits per heavy atom. The number of benzene rings is 1. The summed E-state index contributed by atoms with van der Waals surface area (Å²) >= 11 is 6.05. The molecule has 18 heavy (non-hydrogen) atoms. The van der Waals surface area contributed by atoms with Crippen LogP contribution in [0.2, 0.25) is 5.02 Å². The summed E-state index contributed by atoms with van der Waals surface area (Å²) in [6, 6.07) is 7.41. The Kier molecular flexibility index (Phi) is 2.39. The maximum Gasteiger partial charge on any atom is 0.124 e. The maximum absolute atomic E-state index is 6.05. The van der Waals surface area contributed by atoms with Crippen molar-refractivity contribution in [1.29, 1.82) is 0 Å². The Hall–Kier alpha value is -1.06. The third-order valence-corrected chi connectivity index (χ3v) is 4.00. The molecule has 0 unspecified atom stereocenters. The van der Waals surface area contributed by atoms with Crippen molar-refractivity contribution >= 4 is 22.6 Å². The van der Waals surface area contributed by atoms with Crippen LogP contribution in [0, 0.1) is 0 Å². The van der Waals surface area contributed by atoms with Gasteiger partial charge in [-0.1, -0.05) is 11.6 Å². The molecule has 1 aromatic heterocycles. The molecule has 1 aromatic carbocycles. The van der Waals surface area contributed by atoms with Crippen molar-refractivity contribution < 1.29 is 0 Å². The second kappa shape index (κ2) is 3.97. The molecule has 0 saturated heterocycles. The molecular weight excluding hydrogens is 246 g/mol. The van der Waals surface area contributed by atoms with Crippen LogP contribution < -0.4 is 5.32 Å². The Labute approximate surface area is 111 Å². The van der Waals surface area contributed by atoms with Gasteiger partial charge >= 0.3 is 0 Å². The molecule has 1 N–H and O–H groups in total. The average molecular weight is 262 g/mol. The fraction of sp³-hybridized carbons (Fsp3) is 0.500. The van der Waals surface area contributed by atoms with Gasteiger partial charge in [0.1, 0.15) is 5.82 Å². The Morgan fingerprint density at radius 1 is 1.28 bits per heavy atom. The van der Waals surface area contributed by atoms with Crippen LogP contribution in [-0.2, 0) is 6.54 Å². The van der Waals surface area contributed by atoms with Gasteiger partial charge in [0.15, 0.2) is 0 Å². The van der Waals surface area contributed by atoms with Gasteiger partial charge in [0.05, 0.1) is 17.6 Å². The molecule has 0 spiro atoms. The van der Waals surface area contributed by atoms with Crippen LogP contribution in [0.3, 0.4) is 0 Å². The van der Waals surface area contributed by atoms with Gasteiger partial charge in [-0.05, 0) is 43.9 Å². The molecule has 4 heteroatoms. The largest absolute Gasteiger partial charge is 0.324 e. The predicted molar refractivity (Wildman–Crippen MR) is 72.9 cm³/mol. The Morgan fingerprint density at radius 2 is 2.11 bits per heavy atom. The van der Waals surface area contributed by atoms with E-state index >= 15 is 0 Å². The van der Waals surface area contributed by atoms with Crippen LogP contribution in [0.5, 0.6) is 0 Å². The minimum atomic E-state index is 0.659. The fourth-order valence-corrected chi connectivity index (χ4v) is 2.68. The first-order valence-electron chi connectivity index (χ1n) is 6.71. The normalized spacial score (nSPS) is 19.6. The number of aromatic nitrogens is 2. The van der Waals surface area contributed by atoms with Gasteiger partial charge < -0.3 is 9.88 Å². The third-order valence-electron chi connectivity index (χ3n) is 3.76. The van der Waals surface area contributed by atoms with E-state index in [9.17, 15) is 0 Å². The second-order valence-electron chi connectivity index (χ2n) is 5.42. The highest BCUT2D eigenvalue weighted by atomic mass is 35.5. The topological polar surface area (TPSA) is 29.9 Å². The summed E-state index contributed by atoms with van der Waals surface area (Å²) in [5, 5.41) is 4.32. The number of nitrogens with zero attached hydrogens (tertiary/aromatic N) is 2. The lowest BCUT2D eigenvalue weighted by molar-refractivity contribution is 0.611. The number of imidazole rings is 1. The van der Waals surface area contributed by atoms with Crippen LogP contribution in [0.15, 0.2) is 18.2 Å². The molecule has 0 atom stereocenters. The van der Waals surface area contributed by atoms with Crippen LogP contribution in [0.25, 0.3) is 11.0 Å². The summed E-state index contributed by atoms with van der Waals surface area (Å²) in [7, 11) is 0. The first-order valence-corrected chi connectivity index (χ1v) is 7.09. The molecule has 0 radical (unpaired) electrons. The Balaban J connectivity index is 1.75. The summed E-state index contributed by atoms with van der Waals surface area (Å²) in [5.74, 6) is 1.17. The monoisotopic (exact) mass is 261 g/mol. The highest BCUT2D eigenvalue weighted by molar-refractivity contribution is 6.31. The minimum absolute atomic E-state index is 0.659. The summed E-state index contributed by atoms with van der Waals surface area (Å²) in [6.07, 6.45) is 5.19.